The first kappa shape index (κ1) is 15.0. The highest BCUT2D eigenvalue weighted by Crippen LogP contribution is 2.28. The molecule has 0 spiro atoms. The molecule has 0 aliphatic rings. The Balaban J connectivity index is 2.27. The van der Waals surface area contributed by atoms with Crippen molar-refractivity contribution in [2.45, 2.75) is 13.5 Å². The zero-order chi connectivity index (χ0) is 14.7. The summed E-state index contributed by atoms with van der Waals surface area (Å²) in [6, 6.07) is 7.75. The van der Waals surface area contributed by atoms with Gasteiger partial charge in [0, 0.05) is 15.1 Å². The van der Waals surface area contributed by atoms with Crippen molar-refractivity contribution in [3.05, 3.63) is 62.3 Å². The molecule has 0 radical (unpaired) electrons. The van der Waals surface area contributed by atoms with E-state index < -0.39 is 5.82 Å². The summed E-state index contributed by atoms with van der Waals surface area (Å²) in [5.74, 6) is 0.0550. The van der Waals surface area contributed by atoms with Gasteiger partial charge in [-0.25, -0.2) is 4.39 Å². The van der Waals surface area contributed by atoms with Gasteiger partial charge >= 0.3 is 0 Å². The van der Waals surface area contributed by atoms with E-state index in [9.17, 15) is 9.18 Å². The first-order valence-corrected chi connectivity index (χ1v) is 7.00. The van der Waals surface area contributed by atoms with Crippen LogP contribution in [0.15, 0.2) is 34.8 Å². The van der Waals surface area contributed by atoms with Crippen molar-refractivity contribution >= 4 is 33.8 Å². The molecule has 0 atom stereocenters. The van der Waals surface area contributed by atoms with Gasteiger partial charge in [-0.3, -0.25) is 4.79 Å². The van der Waals surface area contributed by atoms with Crippen LogP contribution < -0.4 is 4.74 Å². The molecule has 0 N–H and O–H groups in total. The Kier molecular flexibility index (Phi) is 4.78. The highest BCUT2D eigenvalue weighted by atomic mass is 79.9. The number of hydrogen-bond acceptors (Lipinski definition) is 2. The fraction of sp³-hybridized carbons (Fsp3) is 0.133. The minimum absolute atomic E-state index is 0.00963. The summed E-state index contributed by atoms with van der Waals surface area (Å²) in [7, 11) is 0. The van der Waals surface area contributed by atoms with E-state index in [-0.39, 0.29) is 6.61 Å². The fourth-order valence-corrected chi connectivity index (χ4v) is 2.63. The molecule has 0 unspecified atom stereocenters. The molecule has 0 aromatic heterocycles. The van der Waals surface area contributed by atoms with Crippen LogP contribution in [0, 0.1) is 12.7 Å². The maximum absolute atomic E-state index is 13.6. The van der Waals surface area contributed by atoms with Crippen LogP contribution in [0.2, 0.25) is 5.02 Å². The third kappa shape index (κ3) is 3.38. The Labute approximate surface area is 129 Å². The normalized spacial score (nSPS) is 10.4. The van der Waals surface area contributed by atoms with Crippen molar-refractivity contribution in [1.82, 2.24) is 0 Å². The maximum atomic E-state index is 13.6. The molecule has 2 aromatic carbocycles. The van der Waals surface area contributed by atoms with Crippen LogP contribution >= 0.6 is 27.5 Å². The second-order valence-electron chi connectivity index (χ2n) is 4.28. The first-order valence-electron chi connectivity index (χ1n) is 5.83. The molecule has 0 heterocycles. The number of ether oxygens (including phenoxy) is 1. The predicted octanol–water partition coefficient (Wildman–Crippen LogP) is 4.94. The number of aryl methyl sites for hydroxylation is 1. The van der Waals surface area contributed by atoms with Crippen LogP contribution in [0.5, 0.6) is 5.75 Å². The molecule has 0 aliphatic carbocycles. The topological polar surface area (TPSA) is 26.3 Å². The molecular weight excluding hydrogens is 347 g/mol. The average molecular weight is 358 g/mol. The van der Waals surface area contributed by atoms with E-state index in [1.165, 1.54) is 18.2 Å². The molecule has 20 heavy (non-hydrogen) atoms. The van der Waals surface area contributed by atoms with Crippen molar-refractivity contribution in [3.8, 4) is 5.75 Å². The second kappa shape index (κ2) is 6.37. The summed E-state index contributed by atoms with van der Waals surface area (Å²) in [4.78, 5) is 11.1. The van der Waals surface area contributed by atoms with Crippen LogP contribution in [-0.4, -0.2) is 6.29 Å². The van der Waals surface area contributed by atoms with Crippen molar-refractivity contribution in [2.75, 3.05) is 0 Å². The molecule has 0 amide bonds. The quantitative estimate of drug-likeness (QED) is 0.724. The lowest BCUT2D eigenvalue weighted by Gasteiger charge is -2.12. The third-order valence-corrected chi connectivity index (χ3v) is 3.47. The van der Waals surface area contributed by atoms with Gasteiger partial charge in [0.2, 0.25) is 0 Å². The number of benzene rings is 2. The summed E-state index contributed by atoms with van der Waals surface area (Å²) in [6.07, 6.45) is 0.710. The van der Waals surface area contributed by atoms with E-state index in [2.05, 4.69) is 15.9 Å². The van der Waals surface area contributed by atoms with E-state index in [1.54, 1.807) is 6.07 Å². The van der Waals surface area contributed by atoms with E-state index in [0.29, 0.717) is 28.2 Å². The van der Waals surface area contributed by atoms with Crippen molar-refractivity contribution in [1.29, 1.82) is 0 Å². The molecule has 0 bridgehead atoms. The Bertz CT molecular complexity index is 659. The summed E-state index contributed by atoms with van der Waals surface area (Å²) >= 11 is 9.14. The van der Waals surface area contributed by atoms with E-state index in [4.69, 9.17) is 16.3 Å². The van der Waals surface area contributed by atoms with Gasteiger partial charge in [-0.15, -0.1) is 0 Å². The summed E-state index contributed by atoms with van der Waals surface area (Å²) < 4.78 is 20.0. The van der Waals surface area contributed by atoms with Crippen LogP contribution in [-0.2, 0) is 6.61 Å². The number of carbonyl (C=O) groups excluding carboxylic acids is 1. The Morgan fingerprint density at radius 2 is 2.10 bits per heavy atom. The van der Waals surface area contributed by atoms with Crippen molar-refractivity contribution in [3.63, 3.8) is 0 Å². The molecule has 0 saturated heterocycles. The van der Waals surface area contributed by atoms with E-state index in [1.807, 2.05) is 13.0 Å². The molecular formula is C15H11BrClFO2. The van der Waals surface area contributed by atoms with Crippen molar-refractivity contribution < 1.29 is 13.9 Å². The molecule has 0 aliphatic heterocycles. The number of halogens is 3. The van der Waals surface area contributed by atoms with E-state index >= 15 is 0 Å². The van der Waals surface area contributed by atoms with Gasteiger partial charge in [0.25, 0.3) is 0 Å². The predicted molar refractivity (Wildman–Crippen MR) is 80.0 cm³/mol. The number of aldehydes is 1. The van der Waals surface area contributed by atoms with Crippen molar-refractivity contribution in [2.24, 2.45) is 0 Å². The average Bonchev–Trinajstić information content (AvgIpc) is 2.40. The molecule has 5 heteroatoms. The van der Waals surface area contributed by atoms with Crippen LogP contribution in [0.25, 0.3) is 0 Å². The van der Waals surface area contributed by atoms with Crippen LogP contribution in [0.1, 0.15) is 21.5 Å². The number of rotatable bonds is 4. The molecule has 2 rings (SSSR count). The molecule has 104 valence electrons. The first-order chi connectivity index (χ1) is 9.51. The Hall–Kier alpha value is -1.39. The zero-order valence-corrected chi connectivity index (χ0v) is 13.0. The largest absolute Gasteiger partial charge is 0.488 e. The highest BCUT2D eigenvalue weighted by Gasteiger charge is 2.10. The van der Waals surface area contributed by atoms with Crippen LogP contribution in [0.4, 0.5) is 4.39 Å². The molecule has 0 saturated carbocycles. The highest BCUT2D eigenvalue weighted by molar-refractivity contribution is 9.10. The third-order valence-electron chi connectivity index (χ3n) is 2.77. The van der Waals surface area contributed by atoms with Gasteiger partial charge in [0.1, 0.15) is 18.2 Å². The Morgan fingerprint density at radius 1 is 1.35 bits per heavy atom. The summed E-state index contributed by atoms with van der Waals surface area (Å²) in [5.41, 5.74) is 1.56. The van der Waals surface area contributed by atoms with Gasteiger partial charge in [-0.05, 0) is 42.8 Å². The number of hydrogen-bond donors (Lipinski definition) is 0. The number of carbonyl (C=O) groups is 1. The lowest BCUT2D eigenvalue weighted by Crippen LogP contribution is -2.02. The molecule has 2 aromatic rings. The SMILES string of the molecule is Cc1cc(Br)cc(C=O)c1OCc1cc(Cl)ccc1F. The smallest absolute Gasteiger partial charge is 0.153 e. The minimum atomic E-state index is -0.392. The van der Waals surface area contributed by atoms with Crippen LogP contribution in [0.3, 0.4) is 0 Å². The lowest BCUT2D eigenvalue weighted by atomic mass is 10.1. The van der Waals surface area contributed by atoms with Gasteiger partial charge in [-0.1, -0.05) is 27.5 Å². The minimum Gasteiger partial charge on any atom is -0.488 e. The Morgan fingerprint density at radius 3 is 2.80 bits per heavy atom. The van der Waals surface area contributed by atoms with Gasteiger partial charge in [0.15, 0.2) is 6.29 Å². The summed E-state index contributed by atoms with van der Waals surface area (Å²) in [5, 5.41) is 0.438. The van der Waals surface area contributed by atoms with Gasteiger partial charge in [-0.2, -0.15) is 0 Å². The molecule has 2 nitrogen and oxygen atoms in total. The van der Waals surface area contributed by atoms with Gasteiger partial charge < -0.3 is 4.74 Å². The molecule has 0 fully saturated rings. The maximum Gasteiger partial charge on any atom is 0.153 e. The second-order valence-corrected chi connectivity index (χ2v) is 5.64. The fourth-order valence-electron chi connectivity index (χ4n) is 1.84. The summed E-state index contributed by atoms with van der Waals surface area (Å²) in [6.45, 7) is 1.83. The zero-order valence-electron chi connectivity index (χ0n) is 10.6. The standard InChI is InChI=1S/C15H11BrClFO2/c1-9-4-12(16)5-10(7-19)15(9)20-8-11-6-13(17)2-3-14(11)18/h2-7H,8H2,1H3. The lowest BCUT2D eigenvalue weighted by molar-refractivity contribution is 0.111. The van der Waals surface area contributed by atoms with Gasteiger partial charge in [0.05, 0.1) is 5.56 Å². The monoisotopic (exact) mass is 356 g/mol. The van der Waals surface area contributed by atoms with E-state index in [0.717, 1.165) is 10.0 Å².